The van der Waals surface area contributed by atoms with Crippen LogP contribution in [0.5, 0.6) is 5.88 Å². The van der Waals surface area contributed by atoms with Gasteiger partial charge in [-0.15, -0.1) is 0 Å². The van der Waals surface area contributed by atoms with Crippen molar-refractivity contribution >= 4 is 11.8 Å². The molecule has 1 aromatic carbocycles. The molecule has 1 fully saturated rings. The number of aliphatic hydroxyl groups is 1. The summed E-state index contributed by atoms with van der Waals surface area (Å²) in [6.07, 6.45) is 0.793. The van der Waals surface area contributed by atoms with Crippen molar-refractivity contribution in [2.45, 2.75) is 31.5 Å². The van der Waals surface area contributed by atoms with Crippen LogP contribution in [-0.2, 0) is 0 Å². The van der Waals surface area contributed by atoms with E-state index in [9.17, 15) is 15.0 Å². The highest BCUT2D eigenvalue weighted by molar-refractivity contribution is 5.95. The topological polar surface area (TPSA) is 142 Å². The van der Waals surface area contributed by atoms with Crippen molar-refractivity contribution in [3.8, 4) is 23.3 Å². The van der Waals surface area contributed by atoms with Gasteiger partial charge < -0.3 is 20.7 Å². The Labute approximate surface area is 143 Å². The quantitative estimate of drug-likeness (QED) is 0.761. The van der Waals surface area contributed by atoms with E-state index in [4.69, 9.17) is 15.7 Å². The maximum Gasteiger partial charge on any atom is 0.345 e. The number of carboxylic acids is 1. The molecule has 1 aromatic heterocycles. The highest BCUT2D eigenvalue weighted by atomic mass is 16.5. The Kier molecular flexibility index (Phi) is 4.50. The van der Waals surface area contributed by atoms with Crippen molar-refractivity contribution in [2.75, 3.05) is 5.73 Å². The summed E-state index contributed by atoms with van der Waals surface area (Å²) < 4.78 is 5.70. The maximum absolute atomic E-state index is 11.5. The minimum atomic E-state index is -1.29. The number of benzene rings is 1. The second kappa shape index (κ2) is 6.75. The van der Waals surface area contributed by atoms with Crippen LogP contribution < -0.4 is 10.5 Å². The lowest BCUT2D eigenvalue weighted by Crippen LogP contribution is -2.18. The summed E-state index contributed by atoms with van der Waals surface area (Å²) >= 11 is 0. The smallest absolute Gasteiger partial charge is 0.345 e. The predicted octanol–water partition coefficient (Wildman–Crippen LogP) is 1.59. The lowest BCUT2D eigenvalue weighted by molar-refractivity contribution is 0.0688. The van der Waals surface area contributed by atoms with Gasteiger partial charge in [-0.1, -0.05) is 12.1 Å². The molecule has 8 heteroatoms. The predicted molar refractivity (Wildman–Crippen MR) is 87.8 cm³/mol. The molecule has 0 amide bonds. The zero-order valence-electron chi connectivity index (χ0n) is 13.2. The molecule has 1 heterocycles. The van der Waals surface area contributed by atoms with Crippen molar-refractivity contribution < 1.29 is 19.7 Å². The Balaban J connectivity index is 2.03. The van der Waals surface area contributed by atoms with Crippen LogP contribution in [0.1, 0.15) is 35.2 Å². The molecule has 4 N–H and O–H groups in total. The fraction of sp³-hybridized carbons (Fsp3) is 0.294. The van der Waals surface area contributed by atoms with E-state index < -0.39 is 12.1 Å². The van der Waals surface area contributed by atoms with Gasteiger partial charge in [0.2, 0.25) is 5.88 Å². The minimum absolute atomic E-state index is 0.128. The van der Waals surface area contributed by atoms with Gasteiger partial charge >= 0.3 is 5.97 Å². The third-order valence-electron chi connectivity index (χ3n) is 4.00. The molecule has 0 saturated heterocycles. The van der Waals surface area contributed by atoms with E-state index in [1.165, 1.54) is 0 Å². The average molecular weight is 340 g/mol. The van der Waals surface area contributed by atoms with E-state index in [-0.39, 0.29) is 29.2 Å². The number of anilines is 1. The molecule has 25 heavy (non-hydrogen) atoms. The van der Waals surface area contributed by atoms with Crippen molar-refractivity contribution in [3.05, 3.63) is 35.4 Å². The van der Waals surface area contributed by atoms with Crippen molar-refractivity contribution in [2.24, 2.45) is 0 Å². The van der Waals surface area contributed by atoms with Crippen LogP contribution >= 0.6 is 0 Å². The van der Waals surface area contributed by atoms with Gasteiger partial charge in [0.05, 0.1) is 17.7 Å². The Morgan fingerprint density at radius 3 is 2.80 bits per heavy atom. The fourth-order valence-electron chi connectivity index (χ4n) is 2.78. The molecular weight excluding hydrogens is 324 g/mol. The Morgan fingerprint density at radius 1 is 1.36 bits per heavy atom. The van der Waals surface area contributed by atoms with Crippen LogP contribution in [0.25, 0.3) is 11.4 Å². The number of rotatable bonds is 4. The third-order valence-corrected chi connectivity index (χ3v) is 4.00. The third kappa shape index (κ3) is 3.51. The van der Waals surface area contributed by atoms with Gasteiger partial charge in [0.15, 0.2) is 11.4 Å². The summed E-state index contributed by atoms with van der Waals surface area (Å²) in [7, 11) is 0. The summed E-state index contributed by atoms with van der Waals surface area (Å²) in [5, 5.41) is 28.0. The number of nitrogens with two attached hydrogens (primary N) is 1. The average Bonchev–Trinajstić information content (AvgIpc) is 2.99. The number of hydrogen-bond acceptors (Lipinski definition) is 7. The molecule has 1 saturated carbocycles. The van der Waals surface area contributed by atoms with Crippen molar-refractivity contribution in [3.63, 3.8) is 0 Å². The van der Waals surface area contributed by atoms with E-state index in [0.29, 0.717) is 30.4 Å². The first kappa shape index (κ1) is 16.7. The van der Waals surface area contributed by atoms with Gasteiger partial charge in [-0.05, 0) is 25.0 Å². The maximum atomic E-state index is 11.5. The Bertz CT molecular complexity index is 862. The van der Waals surface area contributed by atoms with Crippen molar-refractivity contribution in [1.82, 2.24) is 9.97 Å². The minimum Gasteiger partial charge on any atom is -0.477 e. The molecule has 1 aliphatic carbocycles. The lowest BCUT2D eigenvalue weighted by atomic mass is 10.1. The van der Waals surface area contributed by atoms with Gasteiger partial charge in [-0.2, -0.15) is 10.2 Å². The molecule has 128 valence electrons. The highest BCUT2D eigenvalue weighted by Crippen LogP contribution is 2.30. The molecule has 0 bridgehead atoms. The summed E-state index contributed by atoms with van der Waals surface area (Å²) in [6, 6.07) is 8.60. The summed E-state index contributed by atoms with van der Waals surface area (Å²) in [5.41, 5.74) is 6.45. The van der Waals surface area contributed by atoms with Gasteiger partial charge in [0.25, 0.3) is 0 Å². The largest absolute Gasteiger partial charge is 0.477 e. The molecule has 3 rings (SSSR count). The molecular formula is C17H16N4O4. The Morgan fingerprint density at radius 2 is 2.16 bits per heavy atom. The van der Waals surface area contributed by atoms with E-state index in [1.807, 2.05) is 6.07 Å². The van der Waals surface area contributed by atoms with Crippen molar-refractivity contribution in [1.29, 1.82) is 5.26 Å². The molecule has 8 nitrogen and oxygen atoms in total. The SMILES string of the molecule is N#Cc1cccc(-c2nc(N)c(C(=O)O)c(O[C@@H]3CC[C@@H](O)C3)n2)c1. The molecule has 0 aliphatic heterocycles. The highest BCUT2D eigenvalue weighted by Gasteiger charge is 2.28. The van der Waals surface area contributed by atoms with E-state index in [1.54, 1.807) is 24.3 Å². The summed E-state index contributed by atoms with van der Waals surface area (Å²) in [5.74, 6) is -1.46. The normalized spacial score (nSPS) is 19.4. The van der Waals surface area contributed by atoms with Crippen LogP contribution in [-0.4, -0.2) is 38.4 Å². The molecule has 0 radical (unpaired) electrons. The van der Waals surface area contributed by atoms with Gasteiger partial charge in [0, 0.05) is 12.0 Å². The summed E-state index contributed by atoms with van der Waals surface area (Å²) in [4.78, 5) is 19.7. The van der Waals surface area contributed by atoms with Crippen LogP contribution in [0.2, 0.25) is 0 Å². The number of nitrogen functional groups attached to an aromatic ring is 1. The zero-order chi connectivity index (χ0) is 18.0. The number of hydrogen-bond donors (Lipinski definition) is 3. The second-order valence-corrected chi connectivity index (χ2v) is 5.82. The number of ether oxygens (including phenoxy) is 1. The van der Waals surface area contributed by atoms with E-state index in [2.05, 4.69) is 9.97 Å². The van der Waals surface area contributed by atoms with E-state index >= 15 is 0 Å². The lowest BCUT2D eigenvalue weighted by Gasteiger charge is -2.16. The first-order valence-electron chi connectivity index (χ1n) is 7.74. The first-order valence-corrected chi connectivity index (χ1v) is 7.74. The molecule has 0 spiro atoms. The Hall–Kier alpha value is -3.18. The monoisotopic (exact) mass is 340 g/mol. The van der Waals surface area contributed by atoms with Crippen LogP contribution in [0.15, 0.2) is 24.3 Å². The first-order chi connectivity index (χ1) is 12.0. The number of aromatic nitrogens is 2. The number of carbonyl (C=O) groups is 1. The van der Waals surface area contributed by atoms with E-state index in [0.717, 1.165) is 0 Å². The molecule has 1 aliphatic rings. The van der Waals surface area contributed by atoms with Gasteiger partial charge in [-0.25, -0.2) is 9.78 Å². The standard InChI is InChI=1S/C17H16N4O4/c18-8-9-2-1-3-10(6-9)15-20-14(19)13(17(23)24)16(21-15)25-12-5-4-11(22)7-12/h1-3,6,11-12,22H,4-5,7H2,(H,23,24)(H2,19,20,21)/t11-,12-/m1/s1. The van der Waals surface area contributed by atoms with Crippen LogP contribution in [0, 0.1) is 11.3 Å². The number of nitriles is 1. The number of aliphatic hydroxyl groups excluding tert-OH is 1. The summed E-state index contributed by atoms with van der Waals surface area (Å²) in [6.45, 7) is 0. The number of carboxylic acid groups (broad SMARTS) is 1. The van der Waals surface area contributed by atoms with Crippen LogP contribution in [0.3, 0.4) is 0 Å². The second-order valence-electron chi connectivity index (χ2n) is 5.82. The number of aromatic carboxylic acids is 1. The number of nitrogens with zero attached hydrogens (tertiary/aromatic N) is 3. The zero-order valence-corrected chi connectivity index (χ0v) is 13.2. The molecule has 0 unspecified atom stereocenters. The molecule has 2 aromatic rings. The fourth-order valence-corrected chi connectivity index (χ4v) is 2.78. The van der Waals surface area contributed by atoms with Gasteiger partial charge in [0.1, 0.15) is 11.9 Å². The van der Waals surface area contributed by atoms with Crippen LogP contribution in [0.4, 0.5) is 5.82 Å². The molecule has 2 atom stereocenters. The van der Waals surface area contributed by atoms with Gasteiger partial charge in [-0.3, -0.25) is 0 Å².